The molecule has 30 heavy (non-hydrogen) atoms. The van der Waals surface area contributed by atoms with Gasteiger partial charge in [-0.3, -0.25) is 9.69 Å². The lowest BCUT2D eigenvalue weighted by atomic mass is 10.1. The van der Waals surface area contributed by atoms with Crippen LogP contribution in [0.15, 0.2) is 47.0 Å². The number of rotatable bonds is 4. The van der Waals surface area contributed by atoms with Crippen molar-refractivity contribution in [1.29, 1.82) is 0 Å². The molecule has 1 amide bonds. The average Bonchev–Trinajstić information content (AvgIpc) is 3.42. The summed E-state index contributed by atoms with van der Waals surface area (Å²) in [6.07, 6.45) is 0. The van der Waals surface area contributed by atoms with Gasteiger partial charge in [0.25, 0.3) is 5.91 Å². The number of fused-ring (bicyclic) bond motifs is 1. The first-order valence-corrected chi connectivity index (χ1v) is 9.96. The van der Waals surface area contributed by atoms with Gasteiger partial charge in [0.1, 0.15) is 0 Å². The van der Waals surface area contributed by atoms with Gasteiger partial charge in [-0.2, -0.15) is 4.98 Å². The molecule has 0 unspecified atom stereocenters. The number of piperazine rings is 1. The number of carbonyl (C=O) groups excluding carboxylic acids is 1. The Hall–Kier alpha value is -3.39. The normalized spacial score (nSPS) is 16.1. The van der Waals surface area contributed by atoms with E-state index in [0.29, 0.717) is 30.4 Å². The zero-order valence-electron chi connectivity index (χ0n) is 16.7. The van der Waals surface area contributed by atoms with Crippen LogP contribution in [0.5, 0.6) is 11.5 Å². The van der Waals surface area contributed by atoms with Crippen molar-refractivity contribution in [2.24, 2.45) is 0 Å². The molecule has 1 fully saturated rings. The first kappa shape index (κ1) is 18.6. The molecular weight excluding hydrogens is 384 g/mol. The van der Waals surface area contributed by atoms with Gasteiger partial charge in [0, 0.05) is 50.8 Å². The second kappa shape index (κ2) is 7.79. The summed E-state index contributed by atoms with van der Waals surface area (Å²) in [4.78, 5) is 21.5. The molecule has 0 bridgehead atoms. The van der Waals surface area contributed by atoms with Crippen molar-refractivity contribution < 1.29 is 18.8 Å². The van der Waals surface area contributed by atoms with Gasteiger partial charge in [0.05, 0.1) is 0 Å². The minimum Gasteiger partial charge on any atom is -0.454 e. The molecule has 5 rings (SSSR count). The lowest BCUT2D eigenvalue weighted by Crippen LogP contribution is -2.48. The largest absolute Gasteiger partial charge is 0.454 e. The fourth-order valence-electron chi connectivity index (χ4n) is 3.80. The third-order valence-electron chi connectivity index (χ3n) is 5.40. The maximum atomic E-state index is 13.0. The molecular formula is C22H22N4O4. The van der Waals surface area contributed by atoms with Crippen LogP contribution in [-0.2, 0) is 6.54 Å². The molecule has 1 aromatic heterocycles. The molecule has 0 spiro atoms. The zero-order chi connectivity index (χ0) is 20.5. The highest BCUT2D eigenvalue weighted by Gasteiger charge is 2.23. The predicted molar refractivity (Wildman–Crippen MR) is 108 cm³/mol. The van der Waals surface area contributed by atoms with Gasteiger partial charge in [-0.25, -0.2) is 0 Å². The van der Waals surface area contributed by atoms with Crippen molar-refractivity contribution in [3.05, 3.63) is 59.5 Å². The van der Waals surface area contributed by atoms with E-state index in [4.69, 9.17) is 14.0 Å². The number of hydrogen-bond donors (Lipinski definition) is 0. The topological polar surface area (TPSA) is 80.9 Å². The molecule has 3 heterocycles. The van der Waals surface area contributed by atoms with Crippen LogP contribution in [0.1, 0.15) is 21.8 Å². The Morgan fingerprint density at radius 3 is 2.67 bits per heavy atom. The van der Waals surface area contributed by atoms with Crippen molar-refractivity contribution in [2.75, 3.05) is 33.0 Å². The Morgan fingerprint density at radius 1 is 1.03 bits per heavy atom. The number of hydrogen-bond acceptors (Lipinski definition) is 7. The van der Waals surface area contributed by atoms with E-state index in [-0.39, 0.29) is 12.7 Å². The van der Waals surface area contributed by atoms with Gasteiger partial charge in [0.2, 0.25) is 18.5 Å². The quantitative estimate of drug-likeness (QED) is 0.659. The van der Waals surface area contributed by atoms with Crippen LogP contribution in [0.3, 0.4) is 0 Å². The summed E-state index contributed by atoms with van der Waals surface area (Å²) in [5.74, 6) is 2.63. The summed E-state index contributed by atoms with van der Waals surface area (Å²) in [5.41, 5.74) is 2.60. The summed E-state index contributed by atoms with van der Waals surface area (Å²) in [6.45, 7) is 5.88. The molecule has 0 atom stereocenters. The molecule has 2 aromatic carbocycles. The lowest BCUT2D eigenvalue weighted by Gasteiger charge is -2.34. The third-order valence-corrected chi connectivity index (χ3v) is 5.40. The fourth-order valence-corrected chi connectivity index (χ4v) is 3.80. The highest BCUT2D eigenvalue weighted by atomic mass is 16.7. The highest BCUT2D eigenvalue weighted by molar-refractivity contribution is 5.95. The summed E-state index contributed by atoms with van der Waals surface area (Å²) in [7, 11) is 0. The first-order valence-electron chi connectivity index (χ1n) is 9.96. The van der Waals surface area contributed by atoms with Gasteiger partial charge in [0.15, 0.2) is 11.5 Å². The smallest absolute Gasteiger partial charge is 0.253 e. The number of benzene rings is 2. The molecule has 8 heteroatoms. The first-order chi connectivity index (χ1) is 14.7. The Balaban J connectivity index is 1.21. The minimum atomic E-state index is 0.0276. The van der Waals surface area contributed by atoms with E-state index in [2.05, 4.69) is 21.1 Å². The van der Waals surface area contributed by atoms with Gasteiger partial charge >= 0.3 is 0 Å². The van der Waals surface area contributed by atoms with Crippen LogP contribution in [0.4, 0.5) is 0 Å². The summed E-state index contributed by atoms with van der Waals surface area (Å²) in [5, 5.41) is 3.94. The van der Waals surface area contributed by atoms with E-state index in [1.807, 2.05) is 41.3 Å². The molecule has 0 saturated carbocycles. The Bertz CT molecular complexity index is 1070. The van der Waals surface area contributed by atoms with E-state index in [1.165, 1.54) is 5.56 Å². The fraction of sp³-hybridized carbons (Fsp3) is 0.318. The molecule has 0 aliphatic carbocycles. The average molecular weight is 406 g/mol. The standard InChI is InChI=1S/C22H22N4O4/c1-15-23-21(24-30-15)17-3-2-4-18(12-17)22(27)26-9-7-25(8-10-26)13-16-5-6-19-20(11-16)29-14-28-19/h2-6,11-12H,7-10,13-14H2,1H3. The van der Waals surface area contributed by atoms with Crippen LogP contribution in [-0.4, -0.2) is 58.8 Å². The van der Waals surface area contributed by atoms with Crippen LogP contribution in [0.25, 0.3) is 11.4 Å². The maximum Gasteiger partial charge on any atom is 0.253 e. The second-order valence-electron chi connectivity index (χ2n) is 7.47. The molecule has 3 aromatic rings. The molecule has 2 aliphatic heterocycles. The summed E-state index contributed by atoms with van der Waals surface area (Å²) < 4.78 is 15.9. The van der Waals surface area contributed by atoms with Crippen molar-refractivity contribution in [2.45, 2.75) is 13.5 Å². The molecule has 0 N–H and O–H groups in total. The number of aryl methyl sites for hydroxylation is 1. The van der Waals surface area contributed by atoms with E-state index in [0.717, 1.165) is 36.7 Å². The molecule has 154 valence electrons. The number of nitrogens with zero attached hydrogens (tertiary/aromatic N) is 4. The molecule has 1 saturated heterocycles. The van der Waals surface area contributed by atoms with Crippen LogP contribution >= 0.6 is 0 Å². The van der Waals surface area contributed by atoms with Crippen molar-refractivity contribution in [3.8, 4) is 22.9 Å². The Morgan fingerprint density at radius 2 is 1.87 bits per heavy atom. The SMILES string of the molecule is Cc1nc(-c2cccc(C(=O)N3CCN(Cc4ccc5c(c4)OCO5)CC3)c2)no1. The Labute approximate surface area is 174 Å². The monoisotopic (exact) mass is 406 g/mol. The van der Waals surface area contributed by atoms with Crippen LogP contribution in [0.2, 0.25) is 0 Å². The van der Waals surface area contributed by atoms with Crippen molar-refractivity contribution in [3.63, 3.8) is 0 Å². The Kier molecular flexibility index (Phi) is 4.84. The van der Waals surface area contributed by atoms with Gasteiger partial charge < -0.3 is 18.9 Å². The lowest BCUT2D eigenvalue weighted by molar-refractivity contribution is 0.0628. The molecule has 2 aliphatic rings. The number of amides is 1. The molecule has 0 radical (unpaired) electrons. The number of ether oxygens (including phenoxy) is 2. The van der Waals surface area contributed by atoms with E-state index >= 15 is 0 Å². The number of carbonyl (C=O) groups is 1. The predicted octanol–water partition coefficient (Wildman–Crippen LogP) is 2.73. The summed E-state index contributed by atoms with van der Waals surface area (Å²) >= 11 is 0. The van der Waals surface area contributed by atoms with Crippen LogP contribution in [0, 0.1) is 6.92 Å². The maximum absolute atomic E-state index is 13.0. The van der Waals surface area contributed by atoms with Crippen LogP contribution < -0.4 is 9.47 Å². The minimum absolute atomic E-state index is 0.0276. The zero-order valence-corrected chi connectivity index (χ0v) is 16.7. The van der Waals surface area contributed by atoms with Crippen molar-refractivity contribution >= 4 is 5.91 Å². The van der Waals surface area contributed by atoms with Gasteiger partial charge in [-0.1, -0.05) is 23.4 Å². The molecule has 8 nitrogen and oxygen atoms in total. The highest BCUT2D eigenvalue weighted by Crippen LogP contribution is 2.32. The van der Waals surface area contributed by atoms with E-state index in [1.54, 1.807) is 6.92 Å². The van der Waals surface area contributed by atoms with Gasteiger partial charge in [-0.05, 0) is 29.8 Å². The van der Waals surface area contributed by atoms with Crippen molar-refractivity contribution in [1.82, 2.24) is 19.9 Å². The van der Waals surface area contributed by atoms with E-state index < -0.39 is 0 Å². The van der Waals surface area contributed by atoms with E-state index in [9.17, 15) is 4.79 Å². The summed E-state index contributed by atoms with van der Waals surface area (Å²) in [6, 6.07) is 13.4. The second-order valence-corrected chi connectivity index (χ2v) is 7.47. The van der Waals surface area contributed by atoms with Gasteiger partial charge in [-0.15, -0.1) is 0 Å². The number of aromatic nitrogens is 2. The third kappa shape index (κ3) is 3.73.